The first kappa shape index (κ1) is 49.5. The van der Waals surface area contributed by atoms with Crippen LogP contribution in [0, 0.1) is 18.2 Å². The Morgan fingerprint density at radius 2 is 1.57 bits per heavy atom. The third-order valence-corrected chi connectivity index (χ3v) is 15.1. The van der Waals surface area contributed by atoms with Crippen LogP contribution in [0.15, 0.2) is 96.5 Å². The lowest BCUT2D eigenvalue weighted by Crippen LogP contribution is -2.57. The Morgan fingerprint density at radius 1 is 0.870 bits per heavy atom. The van der Waals surface area contributed by atoms with Gasteiger partial charge in [-0.15, -0.1) is 22.7 Å². The lowest BCUT2D eigenvalue weighted by atomic mass is 9.85. The van der Waals surface area contributed by atoms with Crippen LogP contribution in [0.25, 0.3) is 31.0 Å². The van der Waals surface area contributed by atoms with Crippen molar-refractivity contribution in [1.82, 2.24) is 25.4 Å². The second-order valence-electron chi connectivity index (χ2n) is 19.1. The number of piperidine rings is 1. The lowest BCUT2D eigenvalue weighted by molar-refractivity contribution is -0.144. The van der Waals surface area contributed by atoms with Crippen LogP contribution in [0.5, 0.6) is 23.0 Å². The monoisotopic (exact) mass is 975 g/mol. The number of aromatic hydroxyl groups is 1. The summed E-state index contributed by atoms with van der Waals surface area (Å²) in [5, 5.41) is 17.1. The van der Waals surface area contributed by atoms with Gasteiger partial charge in [0.25, 0.3) is 0 Å². The molecule has 2 aliphatic rings. The molecule has 4 aromatic carbocycles. The molecule has 0 spiro atoms. The predicted octanol–water partition coefficient (Wildman–Crippen LogP) is 10.7. The van der Waals surface area contributed by atoms with E-state index in [4.69, 9.17) is 14.2 Å². The number of carbonyl (C=O) groups excluding carboxylic acids is 3. The standard InChI is InChI=1S/C54H62FN5O7S2/c1-34(36-10-12-37(13-11-36)49-35(2)56-33-68-49)57-52(63)45-8-6-26-60(45)53(64)51(54(3,4)5)58-47(62)9-7-30-65-42-24-27-59(28-25-42)29-31-66-41-19-21-43(22-20-41)67-48-44-23-18-40(61)32-46(44)69-50(48)38-14-16-39(55)17-15-38/h10-23,32-34,42,45,51,61H,6-9,24-31H2,1-5H3,(H,57,63)(H,58,62)/t34-,45-,51?/m0/s1. The van der Waals surface area contributed by atoms with Gasteiger partial charge in [-0.2, -0.15) is 0 Å². The van der Waals surface area contributed by atoms with Gasteiger partial charge in [-0.25, -0.2) is 9.37 Å². The van der Waals surface area contributed by atoms with Crippen molar-refractivity contribution in [2.75, 3.05) is 39.4 Å². The van der Waals surface area contributed by atoms with Gasteiger partial charge in [0.2, 0.25) is 17.7 Å². The van der Waals surface area contributed by atoms with E-state index < -0.39 is 17.5 Å². The molecule has 0 radical (unpaired) electrons. The molecule has 2 fully saturated rings. The fourth-order valence-corrected chi connectivity index (χ4v) is 11.0. The highest BCUT2D eigenvalue weighted by atomic mass is 32.1. The van der Waals surface area contributed by atoms with E-state index in [9.17, 15) is 23.9 Å². The molecule has 69 heavy (non-hydrogen) atoms. The Bertz CT molecular complexity index is 2690. The minimum absolute atomic E-state index is 0.115. The number of likely N-dealkylation sites (tertiary alicyclic amines) is 2. The maximum atomic E-state index is 14.1. The number of benzene rings is 4. The fraction of sp³-hybridized carbons (Fsp3) is 0.407. The number of rotatable bonds is 18. The molecule has 8 rings (SSSR count). The van der Waals surface area contributed by atoms with Gasteiger partial charge in [0.05, 0.1) is 33.1 Å². The molecule has 4 heterocycles. The number of halogens is 1. The number of nitrogens with zero attached hydrogens (tertiary/aromatic N) is 3. The van der Waals surface area contributed by atoms with Crippen LogP contribution in [0.1, 0.15) is 83.5 Å². The minimum atomic E-state index is -0.778. The molecule has 6 aromatic rings. The number of hydrogen-bond acceptors (Lipinski definition) is 11. The number of carbonyl (C=O) groups is 3. The summed E-state index contributed by atoms with van der Waals surface area (Å²) in [4.78, 5) is 51.4. The Balaban J connectivity index is 0.733. The Labute approximate surface area is 411 Å². The van der Waals surface area contributed by atoms with Gasteiger partial charge in [0.15, 0.2) is 5.75 Å². The molecule has 0 aliphatic carbocycles. The highest BCUT2D eigenvalue weighted by Crippen LogP contribution is 2.47. The molecule has 15 heteroatoms. The number of aromatic nitrogens is 1. The number of thiazole rings is 1. The molecule has 364 valence electrons. The zero-order valence-corrected chi connectivity index (χ0v) is 41.6. The number of aryl methyl sites for hydroxylation is 1. The Kier molecular flexibility index (Phi) is 16.0. The second kappa shape index (κ2) is 22.3. The third kappa shape index (κ3) is 12.5. The van der Waals surface area contributed by atoms with Gasteiger partial charge >= 0.3 is 0 Å². The van der Waals surface area contributed by atoms with Crippen LogP contribution in [-0.2, 0) is 19.1 Å². The molecule has 3 N–H and O–H groups in total. The van der Waals surface area contributed by atoms with E-state index in [-0.39, 0.29) is 47.9 Å². The van der Waals surface area contributed by atoms with Crippen LogP contribution in [0.3, 0.4) is 0 Å². The number of ether oxygens (including phenoxy) is 3. The number of thiophene rings is 1. The van der Waals surface area contributed by atoms with Gasteiger partial charge in [0.1, 0.15) is 41.8 Å². The first-order valence-corrected chi connectivity index (χ1v) is 25.6. The molecule has 0 saturated carbocycles. The van der Waals surface area contributed by atoms with Gasteiger partial charge in [0, 0.05) is 49.3 Å². The molecular formula is C54H62FN5O7S2. The first-order valence-electron chi connectivity index (χ1n) is 23.9. The summed E-state index contributed by atoms with van der Waals surface area (Å²) in [5.74, 6) is 1.25. The second-order valence-corrected chi connectivity index (χ2v) is 21.0. The van der Waals surface area contributed by atoms with E-state index >= 15 is 0 Å². The van der Waals surface area contributed by atoms with E-state index in [0.29, 0.717) is 44.1 Å². The maximum Gasteiger partial charge on any atom is 0.246 e. The summed E-state index contributed by atoms with van der Waals surface area (Å²) in [5.41, 5.74) is 5.16. The SMILES string of the molecule is Cc1ncsc1-c1ccc([C@H](C)NC(=O)[C@@H]2CCCN2C(=O)C(NC(=O)CCCOC2CCN(CCOc3ccc(Oc4c(-c5ccc(F)cc5)sc5cc(O)ccc45)cc3)CC2)C(C)(C)C)cc1. The van der Waals surface area contributed by atoms with Crippen molar-refractivity contribution in [2.45, 2.75) is 97.4 Å². The average Bonchev–Trinajstić information content (AvgIpc) is 4.09. The largest absolute Gasteiger partial charge is 0.508 e. The van der Waals surface area contributed by atoms with Crippen molar-refractivity contribution in [3.63, 3.8) is 0 Å². The Hall–Kier alpha value is -5.87. The number of phenols is 1. The summed E-state index contributed by atoms with van der Waals surface area (Å²) < 4.78 is 33.3. The number of amides is 3. The summed E-state index contributed by atoms with van der Waals surface area (Å²) in [6.45, 7) is 13.7. The molecule has 2 aromatic heterocycles. The van der Waals surface area contributed by atoms with Crippen molar-refractivity contribution in [3.05, 3.63) is 114 Å². The molecule has 2 saturated heterocycles. The lowest BCUT2D eigenvalue weighted by Gasteiger charge is -2.35. The zero-order chi connectivity index (χ0) is 48.7. The van der Waals surface area contributed by atoms with E-state index in [2.05, 4.69) is 20.5 Å². The summed E-state index contributed by atoms with van der Waals surface area (Å²) >= 11 is 3.08. The zero-order valence-electron chi connectivity index (χ0n) is 40.0. The van der Waals surface area contributed by atoms with E-state index in [0.717, 1.165) is 86.9 Å². The van der Waals surface area contributed by atoms with Crippen molar-refractivity contribution >= 4 is 50.5 Å². The number of fused-ring (bicyclic) bond motifs is 1. The van der Waals surface area contributed by atoms with Crippen molar-refractivity contribution < 1.29 is 38.1 Å². The topological polar surface area (TPSA) is 143 Å². The van der Waals surface area contributed by atoms with E-state index in [1.54, 1.807) is 40.5 Å². The molecule has 12 nitrogen and oxygen atoms in total. The van der Waals surface area contributed by atoms with Crippen LogP contribution >= 0.6 is 22.7 Å². The molecule has 1 unspecified atom stereocenters. The van der Waals surface area contributed by atoms with Gasteiger partial charge < -0.3 is 34.9 Å². The minimum Gasteiger partial charge on any atom is -0.508 e. The molecule has 2 aliphatic heterocycles. The number of phenolic OH excluding ortho intramolecular Hbond substituents is 1. The van der Waals surface area contributed by atoms with Gasteiger partial charge in [-0.05, 0) is 123 Å². The predicted molar refractivity (Wildman–Crippen MR) is 271 cm³/mol. The van der Waals surface area contributed by atoms with Gasteiger partial charge in [-0.3, -0.25) is 19.3 Å². The van der Waals surface area contributed by atoms with Crippen LogP contribution in [0.4, 0.5) is 4.39 Å². The highest BCUT2D eigenvalue weighted by Gasteiger charge is 2.42. The summed E-state index contributed by atoms with van der Waals surface area (Å²) in [7, 11) is 0. The first-order chi connectivity index (χ1) is 33.2. The maximum absolute atomic E-state index is 14.1. The average molecular weight is 976 g/mol. The van der Waals surface area contributed by atoms with E-state index in [1.165, 1.54) is 23.5 Å². The van der Waals surface area contributed by atoms with Crippen LogP contribution in [-0.4, -0.2) is 95.2 Å². The highest BCUT2D eigenvalue weighted by molar-refractivity contribution is 7.22. The van der Waals surface area contributed by atoms with Crippen molar-refractivity contribution in [1.29, 1.82) is 0 Å². The summed E-state index contributed by atoms with van der Waals surface area (Å²) in [6.07, 6.45) is 3.95. The van der Waals surface area contributed by atoms with Crippen LogP contribution in [0.2, 0.25) is 0 Å². The quantitative estimate of drug-likeness (QED) is 0.0718. The van der Waals surface area contributed by atoms with Crippen molar-refractivity contribution in [3.8, 4) is 43.9 Å². The normalized spacial score (nSPS) is 16.6. The summed E-state index contributed by atoms with van der Waals surface area (Å²) in [6, 6.07) is 25.5. The fourth-order valence-electron chi connectivity index (χ4n) is 9.00. The van der Waals surface area contributed by atoms with Crippen LogP contribution < -0.4 is 20.1 Å². The van der Waals surface area contributed by atoms with Gasteiger partial charge in [-0.1, -0.05) is 57.2 Å². The van der Waals surface area contributed by atoms with Crippen molar-refractivity contribution in [2.24, 2.45) is 5.41 Å². The third-order valence-electron chi connectivity index (χ3n) is 12.9. The van der Waals surface area contributed by atoms with E-state index in [1.807, 2.05) is 94.7 Å². The smallest absolute Gasteiger partial charge is 0.246 e. The molecular weight excluding hydrogens is 914 g/mol. The molecule has 3 amide bonds. The Morgan fingerprint density at radius 3 is 2.26 bits per heavy atom. The number of hydrogen-bond donors (Lipinski definition) is 3. The molecule has 3 atom stereocenters. The number of nitrogens with one attached hydrogen (secondary N) is 2. The molecule has 0 bridgehead atoms.